The van der Waals surface area contributed by atoms with Gasteiger partial charge in [-0.3, -0.25) is 4.90 Å². The fourth-order valence-corrected chi connectivity index (χ4v) is 6.38. The number of rotatable bonds is 15. The van der Waals surface area contributed by atoms with Gasteiger partial charge in [0, 0.05) is 36.0 Å². The van der Waals surface area contributed by atoms with Crippen LogP contribution in [0.3, 0.4) is 0 Å². The molecule has 1 atom stereocenters. The number of phenolic OH excluding ortho intramolecular Hbond substituents is 1. The van der Waals surface area contributed by atoms with Crippen LogP contribution in [0.5, 0.6) is 11.5 Å². The largest absolute Gasteiger partial charge is 0.508 e. The molecule has 0 radical (unpaired) electrons. The van der Waals surface area contributed by atoms with Crippen LogP contribution in [0, 0.1) is 0 Å². The van der Waals surface area contributed by atoms with E-state index in [1.54, 1.807) is 0 Å². The zero-order valence-corrected chi connectivity index (χ0v) is 25.8. The number of nitrogens with zero attached hydrogens (tertiary/aromatic N) is 1. The average molecular weight is 557 g/mol. The van der Waals surface area contributed by atoms with Crippen LogP contribution < -0.4 is 10.1 Å². The van der Waals surface area contributed by atoms with Crippen LogP contribution in [0.25, 0.3) is 0 Å². The Bertz CT molecular complexity index is 1150. The van der Waals surface area contributed by atoms with Crippen molar-refractivity contribution in [2.45, 2.75) is 103 Å². The molecule has 0 aliphatic heterocycles. The summed E-state index contributed by atoms with van der Waals surface area (Å²) in [6.45, 7) is 11.7. The molecule has 3 aromatic carbocycles. The van der Waals surface area contributed by atoms with Crippen LogP contribution in [0.15, 0.2) is 72.8 Å². The summed E-state index contributed by atoms with van der Waals surface area (Å²) in [6.07, 6.45) is 9.62. The van der Waals surface area contributed by atoms with Gasteiger partial charge in [-0.2, -0.15) is 0 Å². The minimum Gasteiger partial charge on any atom is -0.508 e. The Labute approximate surface area is 249 Å². The fraction of sp³-hybridized carbons (Fsp3) is 0.514. The van der Waals surface area contributed by atoms with Crippen molar-refractivity contribution in [2.24, 2.45) is 0 Å². The Balaban J connectivity index is 1.34. The minimum absolute atomic E-state index is 0.136. The summed E-state index contributed by atoms with van der Waals surface area (Å²) in [5.74, 6) is 1.42. The topological polar surface area (TPSA) is 44.7 Å². The molecule has 4 nitrogen and oxygen atoms in total. The highest BCUT2D eigenvalue weighted by atomic mass is 16.5. The van der Waals surface area contributed by atoms with Gasteiger partial charge in [-0.15, -0.1) is 0 Å². The molecule has 3 aromatic rings. The number of hydrogen-bond donors (Lipinski definition) is 2. The molecule has 1 aliphatic rings. The Hall–Kier alpha value is -2.82. The van der Waals surface area contributed by atoms with Gasteiger partial charge in [-0.05, 0) is 101 Å². The summed E-state index contributed by atoms with van der Waals surface area (Å²) in [4.78, 5) is 2.53. The van der Waals surface area contributed by atoms with E-state index < -0.39 is 0 Å². The van der Waals surface area contributed by atoms with Crippen molar-refractivity contribution in [1.82, 2.24) is 10.2 Å². The second kappa shape index (κ2) is 16.0. The average Bonchev–Trinajstić information content (AvgIpc) is 2.98. The summed E-state index contributed by atoms with van der Waals surface area (Å²) in [7, 11) is 0. The lowest BCUT2D eigenvalue weighted by molar-refractivity contribution is 0.170. The van der Waals surface area contributed by atoms with Crippen LogP contribution in [-0.4, -0.2) is 47.8 Å². The van der Waals surface area contributed by atoms with Gasteiger partial charge >= 0.3 is 0 Å². The van der Waals surface area contributed by atoms with E-state index in [0.29, 0.717) is 30.5 Å². The van der Waals surface area contributed by atoms with Crippen molar-refractivity contribution in [1.29, 1.82) is 0 Å². The smallest absolute Gasteiger partial charge is 0.119 e. The van der Waals surface area contributed by atoms with Gasteiger partial charge in [0.2, 0.25) is 0 Å². The summed E-state index contributed by atoms with van der Waals surface area (Å²) in [6, 6.07) is 27.0. The fourth-order valence-electron chi connectivity index (χ4n) is 6.38. The lowest BCUT2D eigenvalue weighted by Crippen LogP contribution is -2.38. The molecule has 4 heteroatoms. The molecule has 1 aliphatic carbocycles. The molecular formula is C37H52N2O2. The molecule has 0 saturated heterocycles. The van der Waals surface area contributed by atoms with E-state index in [9.17, 15) is 5.11 Å². The Morgan fingerprint density at radius 3 is 2.20 bits per heavy atom. The highest BCUT2D eigenvalue weighted by Crippen LogP contribution is 2.35. The Morgan fingerprint density at radius 1 is 0.829 bits per heavy atom. The molecule has 2 N–H and O–H groups in total. The first-order chi connectivity index (χ1) is 19.9. The number of hydrogen-bond acceptors (Lipinski definition) is 4. The van der Waals surface area contributed by atoms with Crippen LogP contribution in [0.4, 0.5) is 0 Å². The van der Waals surface area contributed by atoms with Crippen LogP contribution >= 0.6 is 0 Å². The molecule has 0 heterocycles. The first-order valence-corrected chi connectivity index (χ1v) is 16.0. The predicted molar refractivity (Wildman–Crippen MR) is 172 cm³/mol. The van der Waals surface area contributed by atoms with Gasteiger partial charge < -0.3 is 15.2 Å². The quantitative estimate of drug-likeness (QED) is 0.198. The van der Waals surface area contributed by atoms with E-state index >= 15 is 0 Å². The molecule has 0 amide bonds. The van der Waals surface area contributed by atoms with Gasteiger partial charge in [-0.1, -0.05) is 73.9 Å². The maximum absolute atomic E-state index is 11.0. The van der Waals surface area contributed by atoms with Crippen LogP contribution in [0.1, 0.15) is 94.4 Å². The predicted octanol–water partition coefficient (Wildman–Crippen LogP) is 8.12. The second-order valence-corrected chi connectivity index (χ2v) is 12.4. The normalized spacial score (nSPS) is 15.1. The van der Waals surface area contributed by atoms with Gasteiger partial charge in [0.25, 0.3) is 0 Å². The second-order valence-electron chi connectivity index (χ2n) is 12.4. The first-order valence-electron chi connectivity index (χ1n) is 16.0. The standard InChI is InChI=1S/C37H52N2O2/c1-28(2)39(29(3)4)25-22-35(32-11-7-5-8-12-32)36-27-31(17-20-37(36)40)23-26-41-34-18-15-30(16-19-34)21-24-38-33-13-9-6-10-14-33/h5,7-8,11-12,15-20,27-29,33,35,38,40H,6,9-10,13-14,21-26H2,1-4H3/t35-/m1/s1. The SMILES string of the molecule is CC(C)N(CC[C@H](c1ccccc1)c1cc(CCOc2ccc(CCNC3CCCCC3)cc2)ccc1O)C(C)C. The van der Waals surface area contributed by atoms with E-state index in [1.807, 2.05) is 12.1 Å². The van der Waals surface area contributed by atoms with Crippen molar-refractivity contribution in [3.05, 3.63) is 95.1 Å². The third-order valence-electron chi connectivity index (χ3n) is 8.71. The van der Waals surface area contributed by atoms with E-state index in [-0.39, 0.29) is 5.92 Å². The third kappa shape index (κ3) is 9.61. The lowest BCUT2D eigenvalue weighted by atomic mass is 9.86. The maximum Gasteiger partial charge on any atom is 0.119 e. The Morgan fingerprint density at radius 2 is 1.51 bits per heavy atom. The number of benzene rings is 3. The molecule has 1 saturated carbocycles. The van der Waals surface area contributed by atoms with Gasteiger partial charge in [-0.25, -0.2) is 0 Å². The zero-order valence-electron chi connectivity index (χ0n) is 25.8. The lowest BCUT2D eigenvalue weighted by Gasteiger charge is -2.32. The first kappa shape index (κ1) is 31.1. The monoisotopic (exact) mass is 556 g/mol. The van der Waals surface area contributed by atoms with Gasteiger partial charge in [0.15, 0.2) is 0 Å². The third-order valence-corrected chi connectivity index (χ3v) is 8.71. The Kier molecular flexibility index (Phi) is 12.1. The molecule has 222 valence electrons. The molecule has 1 fully saturated rings. The molecule has 41 heavy (non-hydrogen) atoms. The summed E-state index contributed by atoms with van der Waals surface area (Å²) < 4.78 is 6.13. The highest BCUT2D eigenvalue weighted by molar-refractivity contribution is 5.44. The van der Waals surface area contributed by atoms with E-state index in [2.05, 4.69) is 98.6 Å². The summed E-state index contributed by atoms with van der Waals surface area (Å²) in [5.41, 5.74) is 4.79. The van der Waals surface area contributed by atoms with Crippen molar-refractivity contribution < 1.29 is 9.84 Å². The summed E-state index contributed by atoms with van der Waals surface area (Å²) in [5, 5.41) is 14.7. The van der Waals surface area contributed by atoms with E-state index in [4.69, 9.17) is 4.74 Å². The highest BCUT2D eigenvalue weighted by Gasteiger charge is 2.22. The van der Waals surface area contributed by atoms with Crippen molar-refractivity contribution in [3.8, 4) is 11.5 Å². The van der Waals surface area contributed by atoms with Gasteiger partial charge in [0.1, 0.15) is 11.5 Å². The molecule has 0 spiro atoms. The van der Waals surface area contributed by atoms with Crippen LogP contribution in [0.2, 0.25) is 0 Å². The molecule has 0 aromatic heterocycles. The molecule has 0 unspecified atom stereocenters. The van der Waals surface area contributed by atoms with E-state index in [0.717, 1.165) is 43.7 Å². The number of ether oxygens (including phenoxy) is 1. The summed E-state index contributed by atoms with van der Waals surface area (Å²) >= 11 is 0. The number of phenols is 1. The molecule has 0 bridgehead atoms. The maximum atomic E-state index is 11.0. The zero-order chi connectivity index (χ0) is 29.0. The molecule has 4 rings (SSSR count). The minimum atomic E-state index is 0.136. The number of nitrogens with one attached hydrogen (secondary N) is 1. The van der Waals surface area contributed by atoms with Crippen LogP contribution in [-0.2, 0) is 12.8 Å². The van der Waals surface area contributed by atoms with E-state index in [1.165, 1.54) is 48.8 Å². The van der Waals surface area contributed by atoms with Gasteiger partial charge in [0.05, 0.1) is 6.61 Å². The molecular weight excluding hydrogens is 504 g/mol. The van der Waals surface area contributed by atoms with Crippen molar-refractivity contribution in [3.63, 3.8) is 0 Å². The van der Waals surface area contributed by atoms with Crippen molar-refractivity contribution >= 4 is 0 Å². The number of aromatic hydroxyl groups is 1. The van der Waals surface area contributed by atoms with Crippen molar-refractivity contribution in [2.75, 3.05) is 19.7 Å².